The summed E-state index contributed by atoms with van der Waals surface area (Å²) in [5.74, 6) is -4.89. The molecule has 4 N–H and O–H groups in total. The minimum atomic E-state index is -1.39. The van der Waals surface area contributed by atoms with Crippen LogP contribution in [0.3, 0.4) is 0 Å². The maximum Gasteiger partial charge on any atom is 0.410 e. The molecule has 1 amide bonds. The number of hydrogen-bond donors (Lipinski definition) is 3. The van der Waals surface area contributed by atoms with Gasteiger partial charge in [-0.05, 0) is 105 Å². The fourth-order valence-electron chi connectivity index (χ4n) is 10.2. The smallest absolute Gasteiger partial charge is 0.410 e. The van der Waals surface area contributed by atoms with Crippen molar-refractivity contribution < 1.29 is 48.0 Å². The summed E-state index contributed by atoms with van der Waals surface area (Å²) in [6.07, 6.45) is -2.54. The molecule has 15 heteroatoms. The molecule has 1 aromatic rings. The number of nitrogens with two attached hydrogens (primary N) is 1. The third kappa shape index (κ3) is 9.87. The van der Waals surface area contributed by atoms with Crippen LogP contribution in [0.5, 0.6) is 0 Å². The van der Waals surface area contributed by atoms with Crippen LogP contribution in [0.15, 0.2) is 18.2 Å². The quantitative estimate of drug-likeness (QED) is 0.123. The van der Waals surface area contributed by atoms with Gasteiger partial charge < -0.3 is 44.3 Å². The van der Waals surface area contributed by atoms with Crippen LogP contribution in [-0.2, 0) is 38.1 Å². The van der Waals surface area contributed by atoms with Crippen molar-refractivity contribution in [3.8, 4) is 0 Å². The molecule has 15 nitrogen and oxygen atoms in total. The number of aliphatic hydroxyl groups excluding tert-OH is 1. The number of nitrogens with zero attached hydrogens (tertiary/aromatic N) is 3. The Morgan fingerprint density at radius 1 is 1.02 bits per heavy atom. The van der Waals surface area contributed by atoms with Crippen LogP contribution in [0.2, 0.25) is 0 Å². The van der Waals surface area contributed by atoms with Gasteiger partial charge in [0.1, 0.15) is 23.9 Å². The van der Waals surface area contributed by atoms with Gasteiger partial charge in [0.15, 0.2) is 17.7 Å². The monoisotopic (exact) mass is 844 g/mol. The summed E-state index contributed by atoms with van der Waals surface area (Å²) >= 11 is 0. The summed E-state index contributed by atoms with van der Waals surface area (Å²) in [7, 11) is 5.26. The highest BCUT2D eigenvalue weighted by atomic mass is 16.7. The molecule has 0 radical (unpaired) electrons. The molecular formula is C45H73N5O10. The van der Waals surface area contributed by atoms with Crippen LogP contribution < -0.4 is 11.1 Å². The number of rotatable bonds is 11. The molecule has 0 aromatic heterocycles. The number of methoxy groups -OCH3 is 1. The number of aliphatic hydroxyl groups is 1. The van der Waals surface area contributed by atoms with E-state index in [1.807, 2.05) is 65.7 Å². The van der Waals surface area contributed by atoms with Crippen LogP contribution >= 0.6 is 0 Å². The summed E-state index contributed by atoms with van der Waals surface area (Å²) in [5.41, 5.74) is 6.52. The molecule has 0 bridgehead atoms. The average Bonchev–Trinajstić information content (AvgIpc) is 3.78. The number of nitrogens with one attached hydrogen (secondary N) is 1. The standard InChI is InChI=1S/C45H73N5O10/c1-13-35-45(9)39(50(43(55)60-45)19-15-14-18-49-23-33(47-24-49)31-17-16-25(2)32(46)21-31)28(5)36(51)26(3)22-44(8,56-12)40(29(6)37(52)30(7)41(54)58-35)59-42-38(53)34(48(10)11)20-27(4)57-42/h16-17,21,26-30,33-35,38-40,42,47,53H,13-15,18-20,22-24,46H2,1-12H3/t26-,27-,28+,29+,30-,33?,34+,35-,38-,39-,40-,42+,44-,45-/m1/s1. The lowest BCUT2D eigenvalue weighted by molar-refractivity contribution is -0.295. The number of likely N-dealkylation sites (N-methyl/N-ethyl adjacent to an activating group) is 1. The number of aryl methyl sites for hydroxylation is 1. The molecule has 5 rings (SSSR count). The van der Waals surface area contributed by atoms with Gasteiger partial charge >= 0.3 is 12.1 Å². The Balaban J connectivity index is 1.39. The number of ketones is 2. The van der Waals surface area contributed by atoms with E-state index in [1.54, 1.807) is 25.7 Å². The number of fused-ring (bicyclic) bond motifs is 1. The van der Waals surface area contributed by atoms with Gasteiger partial charge in [0, 0.05) is 62.4 Å². The Kier molecular flexibility index (Phi) is 15.5. The Labute approximate surface area is 357 Å². The molecule has 14 atom stereocenters. The zero-order valence-electron chi connectivity index (χ0n) is 38.1. The second-order valence-electron chi connectivity index (χ2n) is 18.7. The fourth-order valence-corrected chi connectivity index (χ4v) is 10.2. The van der Waals surface area contributed by atoms with E-state index >= 15 is 0 Å². The van der Waals surface area contributed by atoms with Gasteiger partial charge in [-0.2, -0.15) is 0 Å². The molecular weight excluding hydrogens is 771 g/mol. The van der Waals surface area contributed by atoms with Gasteiger partial charge in [-0.1, -0.05) is 39.8 Å². The van der Waals surface area contributed by atoms with E-state index in [2.05, 4.69) is 16.3 Å². The van der Waals surface area contributed by atoms with Crippen molar-refractivity contribution in [3.05, 3.63) is 29.3 Å². The highest BCUT2D eigenvalue weighted by molar-refractivity contribution is 6.00. The van der Waals surface area contributed by atoms with Crippen molar-refractivity contribution in [3.63, 3.8) is 0 Å². The van der Waals surface area contributed by atoms with Crippen LogP contribution in [0.25, 0.3) is 0 Å². The number of benzene rings is 1. The van der Waals surface area contributed by atoms with Gasteiger partial charge in [-0.25, -0.2) is 4.79 Å². The zero-order chi connectivity index (χ0) is 44.4. The number of unbranched alkanes of at least 4 members (excludes halogenated alkanes) is 1. The Morgan fingerprint density at radius 2 is 1.70 bits per heavy atom. The first-order chi connectivity index (χ1) is 28.2. The first kappa shape index (κ1) is 47.9. The lowest BCUT2D eigenvalue weighted by Crippen LogP contribution is -2.60. The lowest BCUT2D eigenvalue weighted by atomic mass is 9.73. The molecule has 60 heavy (non-hydrogen) atoms. The highest BCUT2D eigenvalue weighted by Gasteiger charge is 2.60. The van der Waals surface area contributed by atoms with E-state index in [-0.39, 0.29) is 36.8 Å². The number of hydrogen-bond acceptors (Lipinski definition) is 14. The predicted molar refractivity (Wildman–Crippen MR) is 227 cm³/mol. The SMILES string of the molecule is CC[C@H]1OC(=O)[C@H](C)C(=O)[C@H](C)[C@@H](O[C@@H]2O[C@H](C)C[C@H](N(C)C)[C@H]2O)[C@](C)(OC)C[C@@H](C)C(=O)[C@H](C)[C@H]2N(CCCCN3CNC(c4ccc(C)c(N)c4)C3)C(=O)O[C@]12C. The summed E-state index contributed by atoms with van der Waals surface area (Å²) in [6, 6.07) is 5.30. The summed E-state index contributed by atoms with van der Waals surface area (Å²) in [5, 5.41) is 15.0. The van der Waals surface area contributed by atoms with Crippen LogP contribution in [0.4, 0.5) is 10.5 Å². The van der Waals surface area contributed by atoms with E-state index in [4.69, 9.17) is 29.4 Å². The Morgan fingerprint density at radius 3 is 2.33 bits per heavy atom. The van der Waals surface area contributed by atoms with E-state index in [0.717, 1.165) is 43.0 Å². The molecule has 0 spiro atoms. The number of amides is 1. The maximum absolute atomic E-state index is 14.8. The van der Waals surface area contributed by atoms with Gasteiger partial charge in [0.05, 0.1) is 23.9 Å². The predicted octanol–water partition coefficient (Wildman–Crippen LogP) is 4.47. The first-order valence-electron chi connectivity index (χ1n) is 22.0. The number of cyclic esters (lactones) is 1. The van der Waals surface area contributed by atoms with E-state index in [0.29, 0.717) is 19.4 Å². The summed E-state index contributed by atoms with van der Waals surface area (Å²) in [4.78, 5) is 62.9. The number of carbonyl (C=O) groups is 4. The molecule has 0 saturated carbocycles. The van der Waals surface area contributed by atoms with Crippen molar-refractivity contribution in [2.24, 2.45) is 23.7 Å². The minimum Gasteiger partial charge on any atom is -0.458 e. The van der Waals surface area contributed by atoms with Crippen molar-refractivity contribution in [2.45, 2.75) is 154 Å². The third-order valence-corrected chi connectivity index (χ3v) is 14.0. The van der Waals surface area contributed by atoms with Crippen LogP contribution in [0, 0.1) is 30.6 Å². The van der Waals surface area contributed by atoms with Crippen molar-refractivity contribution >= 4 is 29.3 Å². The first-order valence-corrected chi connectivity index (χ1v) is 22.0. The van der Waals surface area contributed by atoms with Crippen molar-refractivity contribution in [1.29, 1.82) is 0 Å². The second-order valence-corrected chi connectivity index (χ2v) is 18.7. The Bertz CT molecular complexity index is 1700. The van der Waals surface area contributed by atoms with E-state index in [9.17, 15) is 24.3 Å². The van der Waals surface area contributed by atoms with Gasteiger partial charge in [-0.15, -0.1) is 0 Å². The third-order valence-electron chi connectivity index (χ3n) is 14.0. The van der Waals surface area contributed by atoms with Gasteiger partial charge in [0.25, 0.3) is 0 Å². The molecule has 0 aliphatic carbocycles. The molecule has 1 aromatic carbocycles. The summed E-state index contributed by atoms with van der Waals surface area (Å²) < 4.78 is 31.3. The van der Waals surface area contributed by atoms with E-state index < -0.39 is 83.4 Å². The average molecular weight is 844 g/mol. The number of anilines is 1. The highest BCUT2D eigenvalue weighted by Crippen LogP contribution is 2.43. The number of nitrogen functional groups attached to an aromatic ring is 1. The molecule has 338 valence electrons. The second kappa shape index (κ2) is 19.5. The van der Waals surface area contributed by atoms with Crippen LogP contribution in [-0.4, -0.2) is 145 Å². The van der Waals surface area contributed by atoms with Gasteiger partial charge in [0.2, 0.25) is 0 Å². The summed E-state index contributed by atoms with van der Waals surface area (Å²) in [6.45, 7) is 18.8. The van der Waals surface area contributed by atoms with Crippen LogP contribution in [0.1, 0.15) is 105 Å². The Hall–Kier alpha value is -3.18. The van der Waals surface area contributed by atoms with E-state index in [1.165, 1.54) is 14.0 Å². The molecule has 1 unspecified atom stereocenters. The molecule has 4 fully saturated rings. The van der Waals surface area contributed by atoms with Crippen molar-refractivity contribution in [2.75, 3.05) is 53.2 Å². The van der Waals surface area contributed by atoms with Crippen molar-refractivity contribution in [1.82, 2.24) is 20.0 Å². The fraction of sp³-hybridized carbons (Fsp3) is 0.778. The number of carbonyl (C=O) groups excluding carboxylic acids is 4. The molecule has 4 aliphatic heterocycles. The largest absolute Gasteiger partial charge is 0.458 e. The normalized spacial score (nSPS) is 38.8. The number of Topliss-reactive ketones (excluding diaryl/α,β-unsaturated/α-hetero) is 2. The molecule has 4 saturated heterocycles. The number of ether oxygens (including phenoxy) is 5. The maximum atomic E-state index is 14.8. The molecule has 4 heterocycles. The minimum absolute atomic E-state index is 0.136. The number of esters is 1. The zero-order valence-corrected chi connectivity index (χ0v) is 38.1. The topological polar surface area (TPSA) is 182 Å². The lowest BCUT2D eigenvalue weighted by Gasteiger charge is -2.47. The molecule has 4 aliphatic rings. The van der Waals surface area contributed by atoms with Gasteiger partial charge in [-0.3, -0.25) is 24.6 Å².